The van der Waals surface area contributed by atoms with Gasteiger partial charge in [-0.1, -0.05) is 6.08 Å². The molecule has 7 heteroatoms. The number of rotatable bonds is 3. The molecule has 0 saturated carbocycles. The Labute approximate surface area is 146 Å². The smallest absolute Gasteiger partial charge is 0.407 e. The summed E-state index contributed by atoms with van der Waals surface area (Å²) in [6.45, 7) is 6.77. The molecule has 0 aromatic carbocycles. The maximum absolute atomic E-state index is 11.0. The topological polar surface area (TPSA) is 92.1 Å². The van der Waals surface area contributed by atoms with Gasteiger partial charge in [0.25, 0.3) is 0 Å². The van der Waals surface area contributed by atoms with Gasteiger partial charge in [-0.2, -0.15) is 0 Å². The van der Waals surface area contributed by atoms with Crippen LogP contribution in [0.1, 0.15) is 43.2 Å². The zero-order valence-electron chi connectivity index (χ0n) is 14.7. The van der Waals surface area contributed by atoms with Crippen LogP contribution in [0.4, 0.5) is 4.79 Å². The Bertz CT molecular complexity index is 701. The molecule has 1 amide bonds. The van der Waals surface area contributed by atoms with Crippen molar-refractivity contribution in [3.8, 4) is 0 Å². The van der Waals surface area contributed by atoms with Crippen LogP contribution in [0.5, 0.6) is 0 Å². The molecule has 0 unspecified atom stereocenters. The molecule has 25 heavy (non-hydrogen) atoms. The summed E-state index contributed by atoms with van der Waals surface area (Å²) in [4.78, 5) is 16.9. The lowest BCUT2D eigenvalue weighted by Gasteiger charge is -2.24. The molecule has 1 aromatic rings. The number of pyridine rings is 1. The number of aromatic nitrogens is 1. The third-order valence-electron chi connectivity index (χ3n) is 4.61. The number of aliphatic hydroxyl groups is 1. The van der Waals surface area contributed by atoms with Crippen LogP contribution < -0.4 is 0 Å². The van der Waals surface area contributed by atoms with E-state index < -0.39 is 24.1 Å². The van der Waals surface area contributed by atoms with Crippen LogP contribution >= 0.6 is 0 Å². The van der Waals surface area contributed by atoms with E-state index in [0.717, 1.165) is 16.8 Å². The van der Waals surface area contributed by atoms with Gasteiger partial charge in [0.2, 0.25) is 0 Å². The van der Waals surface area contributed by atoms with Gasteiger partial charge in [0, 0.05) is 24.8 Å². The zero-order valence-corrected chi connectivity index (χ0v) is 14.7. The van der Waals surface area contributed by atoms with Crippen molar-refractivity contribution in [2.24, 2.45) is 0 Å². The van der Waals surface area contributed by atoms with Crippen LogP contribution in [0.15, 0.2) is 18.3 Å². The Hall–Kier alpha value is -1.96. The molecule has 1 saturated heterocycles. The molecule has 2 aliphatic rings. The van der Waals surface area contributed by atoms with E-state index in [9.17, 15) is 9.90 Å². The predicted molar refractivity (Wildman–Crippen MR) is 91.0 cm³/mol. The van der Waals surface area contributed by atoms with Gasteiger partial charge < -0.3 is 24.6 Å². The summed E-state index contributed by atoms with van der Waals surface area (Å²) in [5.74, 6) is -0.684. The first kappa shape index (κ1) is 17.8. The van der Waals surface area contributed by atoms with Gasteiger partial charge >= 0.3 is 6.09 Å². The largest absolute Gasteiger partial charge is 0.465 e. The number of amides is 1. The molecular formula is C18H24N2O5. The van der Waals surface area contributed by atoms with Crippen molar-refractivity contribution in [1.29, 1.82) is 0 Å². The Balaban J connectivity index is 1.74. The molecular weight excluding hydrogens is 324 g/mol. The van der Waals surface area contributed by atoms with Crippen LogP contribution in [0.25, 0.3) is 5.57 Å². The third kappa shape index (κ3) is 3.84. The molecule has 3 heterocycles. The number of carbonyl (C=O) groups is 1. The maximum Gasteiger partial charge on any atom is 0.407 e. The number of carboxylic acid groups (broad SMARTS) is 1. The first-order valence-corrected chi connectivity index (χ1v) is 8.40. The second-order valence-corrected chi connectivity index (χ2v) is 6.95. The van der Waals surface area contributed by atoms with Crippen LogP contribution in [0, 0.1) is 6.92 Å². The number of aliphatic hydroxyl groups excluding tert-OH is 1. The van der Waals surface area contributed by atoms with Crippen LogP contribution in [0.2, 0.25) is 0 Å². The third-order valence-corrected chi connectivity index (χ3v) is 4.61. The minimum atomic E-state index is -0.903. The number of hydrogen-bond donors (Lipinski definition) is 2. The van der Waals surface area contributed by atoms with Gasteiger partial charge in [0.05, 0.1) is 12.3 Å². The Morgan fingerprint density at radius 2 is 2.24 bits per heavy atom. The average molecular weight is 348 g/mol. The van der Waals surface area contributed by atoms with E-state index in [1.807, 2.05) is 32.9 Å². The molecule has 0 bridgehead atoms. The first-order chi connectivity index (χ1) is 11.8. The number of hydrogen-bond acceptors (Lipinski definition) is 5. The molecule has 1 fully saturated rings. The van der Waals surface area contributed by atoms with Gasteiger partial charge in [0.1, 0.15) is 12.2 Å². The number of nitrogens with zero attached hydrogens (tertiary/aromatic N) is 2. The van der Waals surface area contributed by atoms with Crippen molar-refractivity contribution >= 4 is 11.7 Å². The second-order valence-electron chi connectivity index (χ2n) is 6.95. The van der Waals surface area contributed by atoms with Crippen LogP contribution in [0.3, 0.4) is 0 Å². The van der Waals surface area contributed by atoms with E-state index in [1.54, 1.807) is 6.20 Å². The summed E-state index contributed by atoms with van der Waals surface area (Å²) in [6, 6.07) is 1.91. The van der Waals surface area contributed by atoms with Gasteiger partial charge in [-0.25, -0.2) is 4.79 Å². The van der Waals surface area contributed by atoms with Crippen LogP contribution in [-0.4, -0.2) is 57.8 Å². The molecule has 0 spiro atoms. The molecule has 2 atom stereocenters. The maximum atomic E-state index is 11.0. The van der Waals surface area contributed by atoms with Crippen molar-refractivity contribution in [3.05, 3.63) is 35.2 Å². The molecule has 3 rings (SSSR count). The predicted octanol–water partition coefficient (Wildman–Crippen LogP) is 2.34. The fourth-order valence-corrected chi connectivity index (χ4v) is 3.24. The molecule has 2 aliphatic heterocycles. The van der Waals surface area contributed by atoms with Crippen molar-refractivity contribution in [1.82, 2.24) is 9.88 Å². The van der Waals surface area contributed by atoms with Crippen molar-refractivity contribution in [3.63, 3.8) is 0 Å². The van der Waals surface area contributed by atoms with Gasteiger partial charge in [0.15, 0.2) is 5.79 Å². The quantitative estimate of drug-likeness (QED) is 0.871. The van der Waals surface area contributed by atoms with Crippen molar-refractivity contribution in [2.45, 2.75) is 45.2 Å². The Morgan fingerprint density at radius 3 is 2.76 bits per heavy atom. The lowest BCUT2D eigenvalue weighted by atomic mass is 9.98. The highest BCUT2D eigenvalue weighted by molar-refractivity contribution is 5.71. The lowest BCUT2D eigenvalue weighted by molar-refractivity contribution is -0.151. The molecule has 0 aliphatic carbocycles. The van der Waals surface area contributed by atoms with Crippen LogP contribution in [-0.2, 0) is 9.47 Å². The van der Waals surface area contributed by atoms with E-state index in [4.69, 9.17) is 14.6 Å². The highest BCUT2D eigenvalue weighted by Crippen LogP contribution is 2.32. The molecule has 136 valence electrons. The normalized spacial score (nSPS) is 24.1. The Morgan fingerprint density at radius 1 is 1.48 bits per heavy atom. The molecule has 0 radical (unpaired) electrons. The highest BCUT2D eigenvalue weighted by atomic mass is 16.7. The number of aryl methyl sites for hydroxylation is 1. The summed E-state index contributed by atoms with van der Waals surface area (Å²) in [5.41, 5.74) is 3.53. The molecule has 7 nitrogen and oxygen atoms in total. The van der Waals surface area contributed by atoms with Gasteiger partial charge in [-0.3, -0.25) is 4.98 Å². The van der Waals surface area contributed by atoms with E-state index in [1.165, 1.54) is 4.90 Å². The fourth-order valence-electron chi connectivity index (χ4n) is 3.24. The standard InChI is InChI=1S/C18H24N2O5/c1-11-8-13(16(21)14-10-24-18(2,3)25-14)9-19-15(11)12-4-6-20(7-5-12)17(22)23/h4,8-9,14,16,21H,5-7,10H2,1-3H3,(H,22,23)/t14-,16-/m0/s1. The van der Waals surface area contributed by atoms with Crippen molar-refractivity contribution < 1.29 is 24.5 Å². The molecule has 2 N–H and O–H groups in total. The molecule has 1 aromatic heterocycles. The van der Waals surface area contributed by atoms with E-state index in [2.05, 4.69) is 4.98 Å². The fraction of sp³-hybridized carbons (Fsp3) is 0.556. The summed E-state index contributed by atoms with van der Waals surface area (Å²) in [7, 11) is 0. The Kier molecular flexibility index (Phi) is 4.81. The summed E-state index contributed by atoms with van der Waals surface area (Å²) < 4.78 is 11.2. The highest BCUT2D eigenvalue weighted by Gasteiger charge is 2.37. The zero-order chi connectivity index (χ0) is 18.2. The van der Waals surface area contributed by atoms with Gasteiger partial charge in [-0.15, -0.1) is 0 Å². The lowest BCUT2D eigenvalue weighted by Crippen LogP contribution is -2.33. The first-order valence-electron chi connectivity index (χ1n) is 8.40. The van der Waals surface area contributed by atoms with E-state index >= 15 is 0 Å². The summed E-state index contributed by atoms with van der Waals surface area (Å²) in [6.07, 6.45) is 2.08. The van der Waals surface area contributed by atoms with E-state index in [-0.39, 0.29) is 0 Å². The second kappa shape index (κ2) is 6.74. The monoisotopic (exact) mass is 348 g/mol. The number of ether oxygens (including phenoxy) is 2. The summed E-state index contributed by atoms with van der Waals surface area (Å²) in [5, 5.41) is 19.6. The average Bonchev–Trinajstić information content (AvgIpc) is 2.94. The minimum Gasteiger partial charge on any atom is -0.465 e. The van der Waals surface area contributed by atoms with Gasteiger partial charge in [-0.05, 0) is 44.4 Å². The minimum absolute atomic E-state index is 0.338. The van der Waals surface area contributed by atoms with Crippen molar-refractivity contribution in [2.75, 3.05) is 19.7 Å². The summed E-state index contributed by atoms with van der Waals surface area (Å²) >= 11 is 0. The SMILES string of the molecule is Cc1cc([C@H](O)[C@@H]2COC(C)(C)O2)cnc1C1=CCN(C(=O)O)CC1. The van der Waals surface area contributed by atoms with E-state index in [0.29, 0.717) is 31.7 Å².